The number of amides is 1. The van der Waals surface area contributed by atoms with E-state index in [9.17, 15) is 18.0 Å². The van der Waals surface area contributed by atoms with Crippen LogP contribution in [0.15, 0.2) is 54.7 Å². The van der Waals surface area contributed by atoms with Crippen LogP contribution in [0.1, 0.15) is 0 Å². The fourth-order valence-electron chi connectivity index (χ4n) is 2.18. The zero-order valence-electron chi connectivity index (χ0n) is 13.2. The van der Waals surface area contributed by atoms with E-state index in [0.29, 0.717) is 11.1 Å². The number of carbonyl (C=O) groups excluding carboxylic acids is 1. The third-order valence-corrected chi connectivity index (χ3v) is 3.25. The van der Waals surface area contributed by atoms with Crippen molar-refractivity contribution in [2.75, 3.05) is 11.9 Å². The largest absolute Gasteiger partial charge is 0.573 e. The quantitative estimate of drug-likeness (QED) is 0.751. The summed E-state index contributed by atoms with van der Waals surface area (Å²) in [5.41, 5.74) is 0.303. The number of hydrogen-bond donors (Lipinski definition) is 1. The van der Waals surface area contributed by atoms with Gasteiger partial charge in [-0.05, 0) is 30.3 Å². The van der Waals surface area contributed by atoms with Crippen molar-refractivity contribution >= 4 is 22.4 Å². The van der Waals surface area contributed by atoms with Gasteiger partial charge in [0.15, 0.2) is 6.61 Å². The molecule has 3 rings (SSSR count). The van der Waals surface area contributed by atoms with E-state index in [0.717, 1.165) is 17.5 Å². The lowest BCUT2D eigenvalue weighted by Gasteiger charge is -2.10. The zero-order valence-corrected chi connectivity index (χ0v) is 13.2. The summed E-state index contributed by atoms with van der Waals surface area (Å²) in [6, 6.07) is 12.0. The highest BCUT2D eigenvalue weighted by atomic mass is 19.4. The maximum Gasteiger partial charge on any atom is 0.573 e. The van der Waals surface area contributed by atoms with Gasteiger partial charge in [0.25, 0.3) is 5.91 Å². The Hall–Kier alpha value is -3.36. The van der Waals surface area contributed by atoms with Gasteiger partial charge in [-0.2, -0.15) is 5.10 Å². The van der Waals surface area contributed by atoms with Gasteiger partial charge in [-0.25, -0.2) is 0 Å². The molecule has 2 aromatic carbocycles. The number of nitrogens with zero attached hydrogens (tertiary/aromatic N) is 2. The van der Waals surface area contributed by atoms with E-state index >= 15 is 0 Å². The zero-order chi connectivity index (χ0) is 18.6. The van der Waals surface area contributed by atoms with E-state index in [1.54, 1.807) is 12.3 Å². The van der Waals surface area contributed by atoms with Gasteiger partial charge in [-0.1, -0.05) is 18.2 Å². The number of carbonyl (C=O) groups is 1. The van der Waals surface area contributed by atoms with Gasteiger partial charge in [0.1, 0.15) is 5.75 Å². The van der Waals surface area contributed by atoms with Crippen LogP contribution in [-0.4, -0.2) is 29.1 Å². The predicted octanol–water partition coefficient (Wildman–Crippen LogP) is 3.55. The molecule has 0 saturated heterocycles. The molecule has 6 nitrogen and oxygen atoms in total. The van der Waals surface area contributed by atoms with E-state index in [4.69, 9.17) is 4.74 Å². The second kappa shape index (κ2) is 7.26. The van der Waals surface area contributed by atoms with Crippen LogP contribution in [-0.2, 0) is 4.79 Å². The number of ether oxygens (including phenoxy) is 2. The minimum Gasteiger partial charge on any atom is -0.466 e. The van der Waals surface area contributed by atoms with Gasteiger partial charge < -0.3 is 14.8 Å². The minimum atomic E-state index is -4.77. The van der Waals surface area contributed by atoms with Crippen molar-refractivity contribution in [2.45, 2.75) is 6.36 Å². The number of anilines is 1. The Kier molecular flexibility index (Phi) is 4.87. The summed E-state index contributed by atoms with van der Waals surface area (Å²) in [4.78, 5) is 11.9. The molecule has 134 valence electrons. The van der Waals surface area contributed by atoms with Gasteiger partial charge >= 0.3 is 6.36 Å². The highest BCUT2D eigenvalue weighted by molar-refractivity contribution is 5.92. The van der Waals surface area contributed by atoms with Gasteiger partial charge in [-0.15, -0.1) is 18.3 Å². The molecule has 9 heteroatoms. The second-order valence-corrected chi connectivity index (χ2v) is 5.15. The van der Waals surface area contributed by atoms with Gasteiger partial charge in [0.2, 0.25) is 5.88 Å². The first-order valence-electron chi connectivity index (χ1n) is 7.39. The molecule has 0 atom stereocenters. The molecule has 0 bridgehead atoms. The summed E-state index contributed by atoms with van der Waals surface area (Å²) in [6.07, 6.45) is -3.19. The van der Waals surface area contributed by atoms with Crippen molar-refractivity contribution < 1.29 is 27.4 Å². The number of rotatable bonds is 5. The Balaban J connectivity index is 1.59. The molecule has 26 heavy (non-hydrogen) atoms. The number of benzene rings is 2. The minimum absolute atomic E-state index is 0.215. The van der Waals surface area contributed by atoms with Gasteiger partial charge in [0, 0.05) is 16.5 Å². The van der Waals surface area contributed by atoms with Gasteiger partial charge in [-0.3, -0.25) is 4.79 Å². The van der Waals surface area contributed by atoms with E-state index in [2.05, 4.69) is 20.3 Å². The summed E-state index contributed by atoms with van der Waals surface area (Å²) in [7, 11) is 0. The molecule has 1 aromatic heterocycles. The van der Waals surface area contributed by atoms with Crippen LogP contribution in [0.3, 0.4) is 0 Å². The average Bonchev–Trinajstić information content (AvgIpc) is 2.60. The van der Waals surface area contributed by atoms with Crippen LogP contribution in [0.2, 0.25) is 0 Å². The highest BCUT2D eigenvalue weighted by Crippen LogP contribution is 2.24. The molecule has 0 aliphatic carbocycles. The molecule has 0 aliphatic heterocycles. The lowest BCUT2D eigenvalue weighted by Crippen LogP contribution is -2.20. The number of hydrogen-bond acceptors (Lipinski definition) is 5. The Labute approximate surface area is 145 Å². The average molecular weight is 363 g/mol. The van der Waals surface area contributed by atoms with Crippen LogP contribution in [0.5, 0.6) is 11.6 Å². The Morgan fingerprint density at radius 3 is 2.54 bits per heavy atom. The van der Waals surface area contributed by atoms with Crippen LogP contribution < -0.4 is 14.8 Å². The maximum atomic E-state index is 12.1. The number of alkyl halides is 3. The number of halogens is 3. The van der Waals surface area contributed by atoms with Crippen LogP contribution in [0, 0.1) is 0 Å². The van der Waals surface area contributed by atoms with Crippen molar-refractivity contribution in [3.05, 3.63) is 54.7 Å². The van der Waals surface area contributed by atoms with Crippen molar-refractivity contribution in [3.8, 4) is 11.6 Å². The molecular formula is C17H12F3N3O3. The van der Waals surface area contributed by atoms with E-state index in [1.807, 2.05) is 18.2 Å². The van der Waals surface area contributed by atoms with Crippen molar-refractivity contribution in [1.29, 1.82) is 0 Å². The van der Waals surface area contributed by atoms with Crippen LogP contribution >= 0.6 is 0 Å². The van der Waals surface area contributed by atoms with Crippen molar-refractivity contribution in [2.24, 2.45) is 0 Å². The molecule has 0 saturated carbocycles. The molecule has 0 unspecified atom stereocenters. The Morgan fingerprint density at radius 1 is 1.08 bits per heavy atom. The topological polar surface area (TPSA) is 73.3 Å². The lowest BCUT2D eigenvalue weighted by atomic mass is 10.2. The maximum absolute atomic E-state index is 12.1. The first-order valence-corrected chi connectivity index (χ1v) is 7.39. The SMILES string of the molecule is O=C(COc1nncc2ccccc12)Nc1ccc(OC(F)(F)F)cc1. The summed E-state index contributed by atoms with van der Waals surface area (Å²) in [6.45, 7) is -0.330. The molecule has 0 aliphatic rings. The second-order valence-electron chi connectivity index (χ2n) is 5.15. The molecule has 1 heterocycles. The fourth-order valence-corrected chi connectivity index (χ4v) is 2.18. The first kappa shape index (κ1) is 17.5. The molecule has 0 fully saturated rings. The molecular weight excluding hydrogens is 351 g/mol. The smallest absolute Gasteiger partial charge is 0.466 e. The first-order chi connectivity index (χ1) is 12.4. The molecule has 0 radical (unpaired) electrons. The summed E-state index contributed by atoms with van der Waals surface area (Å²) < 4.78 is 45.5. The number of nitrogens with one attached hydrogen (secondary N) is 1. The van der Waals surface area contributed by atoms with E-state index in [-0.39, 0.29) is 18.2 Å². The summed E-state index contributed by atoms with van der Waals surface area (Å²) in [5, 5.41) is 11.7. The van der Waals surface area contributed by atoms with E-state index < -0.39 is 12.3 Å². The monoisotopic (exact) mass is 363 g/mol. The number of fused-ring (bicyclic) bond motifs is 1. The van der Waals surface area contributed by atoms with Crippen LogP contribution in [0.4, 0.5) is 18.9 Å². The molecule has 3 aromatic rings. The fraction of sp³-hybridized carbons (Fsp3) is 0.118. The summed E-state index contributed by atoms with van der Waals surface area (Å²) >= 11 is 0. The Morgan fingerprint density at radius 2 is 1.81 bits per heavy atom. The normalized spacial score (nSPS) is 11.2. The third-order valence-electron chi connectivity index (χ3n) is 3.25. The lowest BCUT2D eigenvalue weighted by molar-refractivity contribution is -0.274. The van der Waals surface area contributed by atoms with Crippen molar-refractivity contribution in [1.82, 2.24) is 10.2 Å². The predicted molar refractivity (Wildman–Crippen MR) is 86.8 cm³/mol. The van der Waals surface area contributed by atoms with Gasteiger partial charge in [0.05, 0.1) is 6.20 Å². The highest BCUT2D eigenvalue weighted by Gasteiger charge is 2.30. The van der Waals surface area contributed by atoms with Crippen LogP contribution in [0.25, 0.3) is 10.8 Å². The third kappa shape index (κ3) is 4.59. The summed E-state index contributed by atoms with van der Waals surface area (Å²) in [5.74, 6) is -0.658. The molecule has 0 spiro atoms. The standard InChI is InChI=1S/C17H12F3N3O3/c18-17(19,20)26-13-7-5-12(6-8-13)22-15(24)10-25-16-14-4-2-1-3-11(14)9-21-23-16/h1-9H,10H2,(H,22,24). The molecule has 1 N–H and O–H groups in total. The van der Waals surface area contributed by atoms with E-state index in [1.165, 1.54) is 12.1 Å². The van der Waals surface area contributed by atoms with Crippen molar-refractivity contribution in [3.63, 3.8) is 0 Å². The number of aromatic nitrogens is 2. The molecule has 1 amide bonds. The Bertz CT molecular complexity index is 909.